The quantitative estimate of drug-likeness (QED) is 0.743. The molecule has 1 aromatic rings. The van der Waals surface area contributed by atoms with E-state index >= 15 is 0 Å². The highest BCUT2D eigenvalue weighted by atomic mass is 32.2. The fourth-order valence-electron chi connectivity index (χ4n) is 1.38. The van der Waals surface area contributed by atoms with Gasteiger partial charge in [0.25, 0.3) is 0 Å². The van der Waals surface area contributed by atoms with Crippen molar-refractivity contribution >= 4 is 23.5 Å². The van der Waals surface area contributed by atoms with Gasteiger partial charge in [-0.3, -0.25) is 0 Å². The largest absolute Gasteiger partial charge is 0.120 e. The Bertz CT molecular complexity index is 295. The van der Waals surface area contributed by atoms with Gasteiger partial charge in [0.1, 0.15) is 0 Å². The van der Waals surface area contributed by atoms with Crippen LogP contribution >= 0.6 is 23.5 Å². The third-order valence-electron chi connectivity index (χ3n) is 2.12. The number of benzene rings is 1. The summed E-state index contributed by atoms with van der Waals surface area (Å²) in [7, 11) is 0. The Morgan fingerprint density at radius 2 is 1.79 bits per heavy atom. The van der Waals surface area contributed by atoms with E-state index in [0.717, 1.165) is 6.42 Å². The molecule has 0 atom stereocenters. The molecule has 1 aliphatic heterocycles. The summed E-state index contributed by atoms with van der Waals surface area (Å²) < 4.78 is 1.51. The maximum atomic E-state index is 2.36. The van der Waals surface area contributed by atoms with Gasteiger partial charge in [0.15, 0.2) is 0 Å². The number of rotatable bonds is 2. The molecule has 0 aromatic heterocycles. The van der Waals surface area contributed by atoms with Gasteiger partial charge in [-0.2, -0.15) is 0 Å². The van der Waals surface area contributed by atoms with E-state index in [0.29, 0.717) is 0 Å². The molecule has 0 N–H and O–H groups in total. The van der Waals surface area contributed by atoms with Crippen LogP contribution in [0.1, 0.15) is 12.0 Å². The molecular weight excluding hydrogens is 208 g/mol. The Morgan fingerprint density at radius 1 is 1.07 bits per heavy atom. The van der Waals surface area contributed by atoms with Crippen LogP contribution in [0.3, 0.4) is 0 Å². The molecule has 0 unspecified atom stereocenters. The van der Waals surface area contributed by atoms with Crippen LogP contribution in [0.5, 0.6) is 0 Å². The summed E-state index contributed by atoms with van der Waals surface area (Å²) in [5, 5.41) is 0. The van der Waals surface area contributed by atoms with Crippen molar-refractivity contribution in [3.05, 3.63) is 46.2 Å². The minimum absolute atomic E-state index is 1.08. The molecule has 1 aliphatic rings. The molecule has 74 valence electrons. The van der Waals surface area contributed by atoms with Crippen LogP contribution in [-0.2, 0) is 6.42 Å². The fourth-order valence-corrected chi connectivity index (χ4v) is 3.78. The monoisotopic (exact) mass is 222 g/mol. The Balaban J connectivity index is 1.92. The summed E-state index contributed by atoms with van der Waals surface area (Å²) in [5.41, 5.74) is 1.41. The summed E-state index contributed by atoms with van der Waals surface area (Å²) in [6, 6.07) is 10.7. The molecule has 0 nitrogen and oxygen atoms in total. The minimum Gasteiger partial charge on any atom is -0.120 e. The molecule has 0 bridgehead atoms. The van der Waals surface area contributed by atoms with Crippen molar-refractivity contribution in [2.45, 2.75) is 12.8 Å². The summed E-state index contributed by atoms with van der Waals surface area (Å²) in [5.74, 6) is 2.60. The van der Waals surface area contributed by atoms with E-state index < -0.39 is 0 Å². The molecule has 1 heterocycles. The first kappa shape index (κ1) is 10.2. The predicted octanol–water partition coefficient (Wildman–Crippen LogP) is 3.94. The summed E-state index contributed by atoms with van der Waals surface area (Å²) in [6.45, 7) is 0. The highest BCUT2D eigenvalue weighted by Crippen LogP contribution is 2.34. The van der Waals surface area contributed by atoms with Crippen molar-refractivity contribution in [2.75, 3.05) is 11.5 Å². The van der Waals surface area contributed by atoms with Crippen molar-refractivity contribution in [1.29, 1.82) is 0 Å². The Hall–Kier alpha value is -0.340. The first-order valence-electron chi connectivity index (χ1n) is 4.95. The van der Waals surface area contributed by atoms with Crippen molar-refractivity contribution in [2.24, 2.45) is 0 Å². The van der Waals surface area contributed by atoms with E-state index in [1.165, 1.54) is 27.7 Å². The van der Waals surface area contributed by atoms with Gasteiger partial charge in [-0.05, 0) is 29.9 Å². The lowest BCUT2D eigenvalue weighted by molar-refractivity contribution is 1.12. The predicted molar refractivity (Wildman–Crippen MR) is 67.8 cm³/mol. The van der Waals surface area contributed by atoms with Gasteiger partial charge in [0, 0.05) is 4.24 Å². The summed E-state index contributed by atoms with van der Waals surface area (Å²) >= 11 is 4.01. The molecular formula is C12H14S2. The normalized spacial score (nSPS) is 16.7. The average Bonchev–Trinajstić information content (AvgIpc) is 2.29. The number of thioether (sulfide) groups is 2. The smallest absolute Gasteiger partial charge is 0.0364 e. The molecule has 14 heavy (non-hydrogen) atoms. The molecule has 0 saturated carbocycles. The van der Waals surface area contributed by atoms with Gasteiger partial charge in [0.05, 0.1) is 0 Å². The van der Waals surface area contributed by atoms with Crippen LogP contribution in [0, 0.1) is 0 Å². The van der Waals surface area contributed by atoms with Crippen molar-refractivity contribution < 1.29 is 0 Å². The van der Waals surface area contributed by atoms with Crippen LogP contribution in [0.15, 0.2) is 40.6 Å². The van der Waals surface area contributed by atoms with Gasteiger partial charge in [-0.15, -0.1) is 23.5 Å². The summed E-state index contributed by atoms with van der Waals surface area (Å²) in [4.78, 5) is 0. The molecule has 2 rings (SSSR count). The third-order valence-corrected chi connectivity index (χ3v) is 4.72. The van der Waals surface area contributed by atoms with Crippen molar-refractivity contribution in [3.63, 3.8) is 0 Å². The highest BCUT2D eigenvalue weighted by Gasteiger charge is 2.05. The number of hydrogen-bond donors (Lipinski definition) is 0. The van der Waals surface area contributed by atoms with Crippen LogP contribution in [0.2, 0.25) is 0 Å². The molecule has 0 spiro atoms. The second kappa shape index (κ2) is 5.52. The molecule has 0 amide bonds. The number of hydrogen-bond acceptors (Lipinski definition) is 2. The fraction of sp³-hybridized carbons (Fsp3) is 0.333. The Labute approximate surface area is 94.2 Å². The van der Waals surface area contributed by atoms with Gasteiger partial charge < -0.3 is 0 Å². The third kappa shape index (κ3) is 3.10. The maximum absolute atomic E-state index is 2.36. The second-order valence-electron chi connectivity index (χ2n) is 3.26. The standard InChI is InChI=1S/C12H14S2/c1-2-5-11(6-3-1)7-8-12-13-9-4-10-14-12/h1-3,5-6,8H,4,7,9-10H2. The van der Waals surface area contributed by atoms with Gasteiger partial charge >= 0.3 is 0 Å². The SMILES string of the molecule is C(Cc1ccccc1)=C1SCCCS1. The molecule has 2 heteroatoms. The molecule has 1 aromatic carbocycles. The van der Waals surface area contributed by atoms with Crippen molar-refractivity contribution in [3.8, 4) is 0 Å². The van der Waals surface area contributed by atoms with E-state index in [1.807, 2.05) is 23.5 Å². The molecule has 1 fully saturated rings. The number of allylic oxidation sites excluding steroid dienone is 1. The van der Waals surface area contributed by atoms with E-state index in [2.05, 4.69) is 36.4 Å². The van der Waals surface area contributed by atoms with E-state index in [-0.39, 0.29) is 0 Å². The zero-order valence-electron chi connectivity index (χ0n) is 8.11. The molecule has 0 radical (unpaired) electrons. The van der Waals surface area contributed by atoms with E-state index in [4.69, 9.17) is 0 Å². The van der Waals surface area contributed by atoms with E-state index in [9.17, 15) is 0 Å². The lowest BCUT2D eigenvalue weighted by atomic mass is 10.2. The first-order valence-corrected chi connectivity index (χ1v) is 6.92. The second-order valence-corrected chi connectivity index (χ2v) is 5.80. The Kier molecular flexibility index (Phi) is 4.02. The van der Waals surface area contributed by atoms with Gasteiger partial charge in [-0.25, -0.2) is 0 Å². The lowest BCUT2D eigenvalue weighted by Gasteiger charge is -2.12. The van der Waals surface area contributed by atoms with E-state index in [1.54, 1.807) is 0 Å². The topological polar surface area (TPSA) is 0 Å². The van der Waals surface area contributed by atoms with Gasteiger partial charge in [-0.1, -0.05) is 36.4 Å². The van der Waals surface area contributed by atoms with Crippen LogP contribution in [-0.4, -0.2) is 11.5 Å². The van der Waals surface area contributed by atoms with Gasteiger partial charge in [0.2, 0.25) is 0 Å². The maximum Gasteiger partial charge on any atom is 0.0364 e. The Morgan fingerprint density at radius 3 is 2.50 bits per heavy atom. The zero-order valence-corrected chi connectivity index (χ0v) is 9.74. The first-order chi connectivity index (χ1) is 6.95. The van der Waals surface area contributed by atoms with Crippen molar-refractivity contribution in [1.82, 2.24) is 0 Å². The molecule has 0 aliphatic carbocycles. The highest BCUT2D eigenvalue weighted by molar-refractivity contribution is 8.22. The lowest BCUT2D eigenvalue weighted by Crippen LogP contribution is -1.92. The average molecular weight is 222 g/mol. The minimum atomic E-state index is 1.08. The van der Waals surface area contributed by atoms with Crippen LogP contribution < -0.4 is 0 Å². The summed E-state index contributed by atoms with van der Waals surface area (Å²) in [6.07, 6.45) is 4.80. The van der Waals surface area contributed by atoms with Crippen LogP contribution in [0.25, 0.3) is 0 Å². The molecule has 1 saturated heterocycles. The van der Waals surface area contributed by atoms with Crippen LogP contribution in [0.4, 0.5) is 0 Å². The zero-order chi connectivity index (χ0) is 9.64.